The van der Waals surface area contributed by atoms with Crippen LogP contribution in [0.5, 0.6) is 0 Å². The zero-order valence-electron chi connectivity index (χ0n) is 9.74. The highest BCUT2D eigenvalue weighted by Gasteiger charge is 2.02. The number of hydrogen-bond donors (Lipinski definition) is 0. The van der Waals surface area contributed by atoms with Gasteiger partial charge < -0.3 is 4.74 Å². The van der Waals surface area contributed by atoms with Crippen molar-refractivity contribution in [1.29, 1.82) is 0 Å². The van der Waals surface area contributed by atoms with Crippen LogP contribution in [-0.2, 0) is 10.5 Å². The summed E-state index contributed by atoms with van der Waals surface area (Å²) in [6.07, 6.45) is 1.81. The second kappa shape index (κ2) is 6.42. The van der Waals surface area contributed by atoms with Gasteiger partial charge in [0.05, 0.1) is 24.2 Å². The molecule has 2 aromatic rings. The lowest BCUT2D eigenvalue weighted by Crippen LogP contribution is -1.98. The Balaban J connectivity index is 1.92. The van der Waals surface area contributed by atoms with E-state index in [4.69, 9.17) is 4.74 Å². The Morgan fingerprint density at radius 3 is 2.88 bits per heavy atom. The molecule has 0 saturated heterocycles. The average Bonchev–Trinajstić information content (AvgIpc) is 2.85. The van der Waals surface area contributed by atoms with E-state index in [1.807, 2.05) is 36.5 Å². The number of benzene rings is 1. The molecule has 1 aromatic heterocycles. The molecule has 1 heterocycles. The third kappa shape index (κ3) is 3.57. The SMILES string of the molecule is COCCSCc1cnn(-c2ccccc2)n1. The zero-order chi connectivity index (χ0) is 11.9. The first-order valence-corrected chi connectivity index (χ1v) is 6.59. The minimum absolute atomic E-state index is 0.775. The van der Waals surface area contributed by atoms with E-state index in [1.54, 1.807) is 23.7 Å². The summed E-state index contributed by atoms with van der Waals surface area (Å²) in [6, 6.07) is 9.91. The smallest absolute Gasteiger partial charge is 0.0930 e. The zero-order valence-corrected chi connectivity index (χ0v) is 10.6. The summed E-state index contributed by atoms with van der Waals surface area (Å²) in [5, 5.41) is 8.67. The number of aromatic nitrogens is 3. The summed E-state index contributed by atoms with van der Waals surface area (Å²) in [4.78, 5) is 1.66. The van der Waals surface area contributed by atoms with Gasteiger partial charge in [-0.2, -0.15) is 26.8 Å². The van der Waals surface area contributed by atoms with Gasteiger partial charge in [0.2, 0.25) is 0 Å². The van der Waals surface area contributed by atoms with Gasteiger partial charge in [0, 0.05) is 18.6 Å². The molecule has 0 saturated carbocycles. The third-order valence-electron chi connectivity index (χ3n) is 2.21. The molecule has 5 heteroatoms. The maximum Gasteiger partial charge on any atom is 0.0930 e. The molecule has 0 N–H and O–H groups in total. The van der Waals surface area contributed by atoms with E-state index in [1.165, 1.54) is 0 Å². The van der Waals surface area contributed by atoms with Crippen molar-refractivity contribution in [3.63, 3.8) is 0 Å². The molecule has 0 fully saturated rings. The minimum atomic E-state index is 0.775. The van der Waals surface area contributed by atoms with Crippen molar-refractivity contribution in [2.75, 3.05) is 19.5 Å². The summed E-state index contributed by atoms with van der Waals surface area (Å²) < 4.78 is 4.99. The number of ether oxygens (including phenoxy) is 1. The van der Waals surface area contributed by atoms with Crippen LogP contribution >= 0.6 is 11.8 Å². The van der Waals surface area contributed by atoms with Crippen molar-refractivity contribution in [2.24, 2.45) is 0 Å². The van der Waals surface area contributed by atoms with E-state index in [0.29, 0.717) is 0 Å². The fraction of sp³-hybridized carbons (Fsp3) is 0.333. The molecular formula is C12H15N3OS. The van der Waals surface area contributed by atoms with Gasteiger partial charge in [-0.05, 0) is 12.1 Å². The van der Waals surface area contributed by atoms with E-state index in [2.05, 4.69) is 10.2 Å². The molecule has 1 aromatic carbocycles. The highest BCUT2D eigenvalue weighted by Crippen LogP contribution is 2.10. The van der Waals surface area contributed by atoms with Crippen LogP contribution < -0.4 is 0 Å². The van der Waals surface area contributed by atoms with Gasteiger partial charge in [-0.15, -0.1) is 0 Å². The minimum Gasteiger partial charge on any atom is -0.384 e. The van der Waals surface area contributed by atoms with Gasteiger partial charge >= 0.3 is 0 Å². The normalized spacial score (nSPS) is 10.6. The molecule has 0 amide bonds. The number of nitrogens with zero attached hydrogens (tertiary/aromatic N) is 3. The Kier molecular flexibility index (Phi) is 4.58. The number of hydrogen-bond acceptors (Lipinski definition) is 4. The maximum atomic E-state index is 4.99. The van der Waals surface area contributed by atoms with Crippen LogP contribution in [0.4, 0.5) is 0 Å². The number of rotatable bonds is 6. The van der Waals surface area contributed by atoms with Gasteiger partial charge in [-0.25, -0.2) is 0 Å². The van der Waals surface area contributed by atoms with Crippen LogP contribution in [0.2, 0.25) is 0 Å². The Morgan fingerprint density at radius 2 is 2.12 bits per heavy atom. The molecule has 2 rings (SSSR count). The van der Waals surface area contributed by atoms with Crippen LogP contribution in [0.1, 0.15) is 5.69 Å². The first kappa shape index (κ1) is 12.1. The molecule has 4 nitrogen and oxygen atoms in total. The fourth-order valence-corrected chi connectivity index (χ4v) is 2.14. The van der Waals surface area contributed by atoms with Gasteiger partial charge in [-0.1, -0.05) is 18.2 Å². The Hall–Kier alpha value is -1.33. The van der Waals surface area contributed by atoms with Crippen LogP contribution in [0.3, 0.4) is 0 Å². The maximum absolute atomic E-state index is 4.99. The summed E-state index contributed by atoms with van der Waals surface area (Å²) in [7, 11) is 1.71. The molecule has 0 unspecified atom stereocenters. The summed E-state index contributed by atoms with van der Waals surface area (Å²) in [6.45, 7) is 0.775. The van der Waals surface area contributed by atoms with Crippen molar-refractivity contribution in [3.8, 4) is 5.69 Å². The van der Waals surface area contributed by atoms with E-state index >= 15 is 0 Å². The first-order valence-electron chi connectivity index (χ1n) is 5.43. The molecule has 90 valence electrons. The van der Waals surface area contributed by atoms with E-state index < -0.39 is 0 Å². The molecule has 0 aliphatic carbocycles. The van der Waals surface area contributed by atoms with Crippen molar-refractivity contribution in [1.82, 2.24) is 15.0 Å². The highest BCUT2D eigenvalue weighted by atomic mass is 32.2. The Bertz CT molecular complexity index is 444. The summed E-state index contributed by atoms with van der Waals surface area (Å²) >= 11 is 1.80. The van der Waals surface area contributed by atoms with Crippen LogP contribution in [0, 0.1) is 0 Å². The molecule has 0 aliphatic rings. The molecule has 17 heavy (non-hydrogen) atoms. The predicted molar refractivity (Wildman–Crippen MR) is 69.4 cm³/mol. The fourth-order valence-electron chi connectivity index (χ4n) is 1.37. The van der Waals surface area contributed by atoms with Crippen molar-refractivity contribution in [3.05, 3.63) is 42.2 Å². The molecule has 0 atom stereocenters. The van der Waals surface area contributed by atoms with Crippen molar-refractivity contribution >= 4 is 11.8 Å². The van der Waals surface area contributed by atoms with Crippen LogP contribution in [-0.4, -0.2) is 34.5 Å². The average molecular weight is 249 g/mol. The van der Waals surface area contributed by atoms with Crippen molar-refractivity contribution < 1.29 is 4.74 Å². The summed E-state index contributed by atoms with van der Waals surface area (Å²) in [5.41, 5.74) is 1.98. The van der Waals surface area contributed by atoms with Gasteiger partial charge in [0.15, 0.2) is 0 Å². The van der Waals surface area contributed by atoms with Gasteiger partial charge in [0.25, 0.3) is 0 Å². The van der Waals surface area contributed by atoms with Crippen LogP contribution in [0.15, 0.2) is 36.5 Å². The lowest BCUT2D eigenvalue weighted by Gasteiger charge is -1.98. The molecule has 0 aliphatic heterocycles. The Morgan fingerprint density at radius 1 is 1.29 bits per heavy atom. The van der Waals surface area contributed by atoms with Crippen LogP contribution in [0.25, 0.3) is 5.69 Å². The number of thioether (sulfide) groups is 1. The second-order valence-corrected chi connectivity index (χ2v) is 4.61. The van der Waals surface area contributed by atoms with E-state index in [0.717, 1.165) is 29.5 Å². The lowest BCUT2D eigenvalue weighted by atomic mass is 10.3. The topological polar surface area (TPSA) is 39.9 Å². The standard InChI is InChI=1S/C12H15N3OS/c1-16-7-8-17-10-11-9-13-15(14-11)12-5-3-2-4-6-12/h2-6,9H,7-8,10H2,1H3. The predicted octanol–water partition coefficient (Wildman–Crippen LogP) is 2.15. The lowest BCUT2D eigenvalue weighted by molar-refractivity contribution is 0.218. The molecule has 0 radical (unpaired) electrons. The second-order valence-electron chi connectivity index (χ2n) is 3.51. The van der Waals surface area contributed by atoms with Crippen molar-refractivity contribution in [2.45, 2.75) is 5.75 Å². The highest BCUT2D eigenvalue weighted by molar-refractivity contribution is 7.98. The third-order valence-corrected chi connectivity index (χ3v) is 3.16. The quantitative estimate of drug-likeness (QED) is 0.735. The molecular weight excluding hydrogens is 234 g/mol. The number of para-hydroxylation sites is 1. The molecule has 0 spiro atoms. The van der Waals surface area contributed by atoms with Gasteiger partial charge in [0.1, 0.15) is 0 Å². The largest absolute Gasteiger partial charge is 0.384 e. The van der Waals surface area contributed by atoms with E-state index in [-0.39, 0.29) is 0 Å². The van der Waals surface area contributed by atoms with Gasteiger partial charge in [-0.3, -0.25) is 0 Å². The number of methoxy groups -OCH3 is 1. The molecule has 0 bridgehead atoms. The van der Waals surface area contributed by atoms with E-state index in [9.17, 15) is 0 Å². The first-order chi connectivity index (χ1) is 8.40. The summed E-state index contributed by atoms with van der Waals surface area (Å²) in [5.74, 6) is 1.85. The Labute approximate surface area is 105 Å². The monoisotopic (exact) mass is 249 g/mol.